The second kappa shape index (κ2) is 6.24. The van der Waals surface area contributed by atoms with E-state index in [0.717, 1.165) is 25.2 Å². The molecule has 0 aliphatic rings. The number of nitrogen functional groups attached to an aromatic ring is 1. The lowest BCUT2D eigenvalue weighted by atomic mass is 10.1. The van der Waals surface area contributed by atoms with Crippen LogP contribution in [0.2, 0.25) is 0 Å². The Labute approximate surface area is 132 Å². The molecule has 0 fully saturated rings. The lowest BCUT2D eigenvalue weighted by Gasteiger charge is -2.13. The second-order valence-electron chi connectivity index (χ2n) is 6.02. The molecular formula is C19H23N3. The summed E-state index contributed by atoms with van der Waals surface area (Å²) in [5.74, 6) is 0. The zero-order valence-corrected chi connectivity index (χ0v) is 13.3. The van der Waals surface area contributed by atoms with Crippen molar-refractivity contribution in [2.24, 2.45) is 0 Å². The third-order valence-electron chi connectivity index (χ3n) is 3.98. The minimum atomic E-state index is 0.817. The third kappa shape index (κ3) is 3.00. The standard InChI is InChI=1S/C19H23N3/c1-21(2)11-6-12-22-18-10-9-17(20)13-16(18)14-19(22)15-7-4-3-5-8-15/h3-5,7-10,13-14H,6,11-12,20H2,1-2H3. The Morgan fingerprint density at radius 3 is 2.50 bits per heavy atom. The molecule has 114 valence electrons. The normalized spacial score (nSPS) is 11.4. The average Bonchev–Trinajstić information content (AvgIpc) is 2.86. The maximum atomic E-state index is 5.95. The van der Waals surface area contributed by atoms with E-state index >= 15 is 0 Å². The van der Waals surface area contributed by atoms with Gasteiger partial charge in [-0.05, 0) is 56.9 Å². The molecule has 0 amide bonds. The third-order valence-corrected chi connectivity index (χ3v) is 3.98. The van der Waals surface area contributed by atoms with Crippen LogP contribution >= 0.6 is 0 Å². The molecule has 2 N–H and O–H groups in total. The Balaban J connectivity index is 2.05. The molecule has 3 rings (SSSR count). The lowest BCUT2D eigenvalue weighted by Crippen LogP contribution is -2.15. The molecule has 0 spiro atoms. The molecule has 0 saturated heterocycles. The molecule has 3 heteroatoms. The van der Waals surface area contributed by atoms with E-state index in [9.17, 15) is 0 Å². The van der Waals surface area contributed by atoms with Crippen molar-refractivity contribution >= 4 is 16.6 Å². The van der Waals surface area contributed by atoms with Crippen LogP contribution in [0.1, 0.15) is 6.42 Å². The van der Waals surface area contributed by atoms with E-state index in [-0.39, 0.29) is 0 Å². The van der Waals surface area contributed by atoms with Gasteiger partial charge < -0.3 is 15.2 Å². The summed E-state index contributed by atoms with van der Waals surface area (Å²) in [5.41, 5.74) is 10.5. The van der Waals surface area contributed by atoms with Crippen LogP contribution in [-0.2, 0) is 6.54 Å². The first-order valence-electron chi connectivity index (χ1n) is 7.74. The van der Waals surface area contributed by atoms with Gasteiger partial charge in [-0.15, -0.1) is 0 Å². The zero-order chi connectivity index (χ0) is 15.5. The molecule has 1 aromatic heterocycles. The number of nitrogens with zero attached hydrogens (tertiary/aromatic N) is 2. The fraction of sp³-hybridized carbons (Fsp3) is 0.263. The van der Waals surface area contributed by atoms with Gasteiger partial charge in [-0.3, -0.25) is 0 Å². The SMILES string of the molecule is CN(C)CCCn1c(-c2ccccc2)cc2cc(N)ccc21. The summed E-state index contributed by atoms with van der Waals surface area (Å²) in [4.78, 5) is 2.23. The number of benzene rings is 2. The van der Waals surface area contributed by atoms with Gasteiger partial charge in [-0.25, -0.2) is 0 Å². The second-order valence-corrected chi connectivity index (χ2v) is 6.02. The van der Waals surface area contributed by atoms with Crippen molar-refractivity contribution in [3.63, 3.8) is 0 Å². The highest BCUT2D eigenvalue weighted by molar-refractivity contribution is 5.89. The monoisotopic (exact) mass is 293 g/mol. The van der Waals surface area contributed by atoms with Crippen LogP contribution < -0.4 is 5.73 Å². The van der Waals surface area contributed by atoms with E-state index in [1.165, 1.54) is 22.2 Å². The van der Waals surface area contributed by atoms with E-state index < -0.39 is 0 Å². The largest absolute Gasteiger partial charge is 0.399 e. The highest BCUT2D eigenvalue weighted by Crippen LogP contribution is 2.29. The van der Waals surface area contributed by atoms with Crippen LogP contribution in [0.25, 0.3) is 22.2 Å². The van der Waals surface area contributed by atoms with E-state index in [1.807, 2.05) is 6.07 Å². The first kappa shape index (κ1) is 14.7. The van der Waals surface area contributed by atoms with Gasteiger partial charge in [0.1, 0.15) is 0 Å². The maximum Gasteiger partial charge on any atom is 0.0491 e. The number of aryl methyl sites for hydroxylation is 1. The lowest BCUT2D eigenvalue weighted by molar-refractivity contribution is 0.388. The van der Waals surface area contributed by atoms with Crippen LogP contribution in [0.3, 0.4) is 0 Å². The van der Waals surface area contributed by atoms with Crippen molar-refractivity contribution in [3.05, 3.63) is 54.6 Å². The summed E-state index contributed by atoms with van der Waals surface area (Å²) in [5, 5.41) is 1.21. The topological polar surface area (TPSA) is 34.2 Å². The number of aromatic nitrogens is 1. The Morgan fingerprint density at radius 1 is 1.00 bits per heavy atom. The molecule has 0 radical (unpaired) electrons. The molecule has 3 nitrogen and oxygen atoms in total. The zero-order valence-electron chi connectivity index (χ0n) is 13.3. The van der Waals surface area contributed by atoms with E-state index in [4.69, 9.17) is 5.73 Å². The van der Waals surface area contributed by atoms with Gasteiger partial charge in [-0.1, -0.05) is 30.3 Å². The number of rotatable bonds is 5. The first-order valence-corrected chi connectivity index (χ1v) is 7.74. The molecule has 22 heavy (non-hydrogen) atoms. The molecule has 3 aromatic rings. The van der Waals surface area contributed by atoms with Crippen molar-refractivity contribution in [3.8, 4) is 11.3 Å². The Hall–Kier alpha value is -2.26. The van der Waals surface area contributed by atoms with Crippen molar-refractivity contribution in [1.82, 2.24) is 9.47 Å². The van der Waals surface area contributed by atoms with E-state index in [2.05, 4.69) is 72.1 Å². The predicted octanol–water partition coefficient (Wildman–Crippen LogP) is 3.84. The van der Waals surface area contributed by atoms with Gasteiger partial charge in [0.2, 0.25) is 0 Å². The van der Waals surface area contributed by atoms with E-state index in [0.29, 0.717) is 0 Å². The summed E-state index contributed by atoms with van der Waals surface area (Å²) < 4.78 is 2.41. The van der Waals surface area contributed by atoms with Crippen molar-refractivity contribution in [1.29, 1.82) is 0 Å². The van der Waals surface area contributed by atoms with Crippen molar-refractivity contribution in [2.75, 3.05) is 26.4 Å². The average molecular weight is 293 g/mol. The van der Waals surface area contributed by atoms with Gasteiger partial charge >= 0.3 is 0 Å². The fourth-order valence-electron chi connectivity index (χ4n) is 2.92. The number of nitrogens with two attached hydrogens (primary N) is 1. The predicted molar refractivity (Wildman–Crippen MR) is 95.0 cm³/mol. The molecule has 0 unspecified atom stereocenters. The molecule has 0 aliphatic heterocycles. The number of hydrogen-bond acceptors (Lipinski definition) is 2. The number of anilines is 1. The van der Waals surface area contributed by atoms with Crippen LogP contribution in [-0.4, -0.2) is 30.1 Å². The van der Waals surface area contributed by atoms with Crippen LogP contribution in [0, 0.1) is 0 Å². The summed E-state index contributed by atoms with van der Waals surface area (Å²) in [6.07, 6.45) is 1.13. The van der Waals surface area contributed by atoms with Gasteiger partial charge in [0.15, 0.2) is 0 Å². The van der Waals surface area contributed by atoms with E-state index in [1.54, 1.807) is 0 Å². The Bertz CT molecular complexity index is 757. The number of hydrogen-bond donors (Lipinski definition) is 1. The molecule has 0 bridgehead atoms. The highest BCUT2D eigenvalue weighted by Gasteiger charge is 2.10. The van der Waals surface area contributed by atoms with Crippen molar-refractivity contribution in [2.45, 2.75) is 13.0 Å². The highest BCUT2D eigenvalue weighted by atomic mass is 15.1. The minimum absolute atomic E-state index is 0.817. The maximum absolute atomic E-state index is 5.95. The molecule has 1 heterocycles. The van der Waals surface area contributed by atoms with Gasteiger partial charge in [0.05, 0.1) is 0 Å². The molecule has 0 atom stereocenters. The summed E-state index contributed by atoms with van der Waals surface area (Å²) in [7, 11) is 4.24. The quantitative estimate of drug-likeness (QED) is 0.725. The Kier molecular flexibility index (Phi) is 4.16. The van der Waals surface area contributed by atoms with Gasteiger partial charge in [-0.2, -0.15) is 0 Å². The van der Waals surface area contributed by atoms with Gasteiger partial charge in [0, 0.05) is 28.8 Å². The Morgan fingerprint density at radius 2 is 1.77 bits per heavy atom. The van der Waals surface area contributed by atoms with Crippen LogP contribution in [0.15, 0.2) is 54.6 Å². The number of fused-ring (bicyclic) bond motifs is 1. The summed E-state index contributed by atoms with van der Waals surface area (Å²) >= 11 is 0. The molecular weight excluding hydrogens is 270 g/mol. The minimum Gasteiger partial charge on any atom is -0.399 e. The summed E-state index contributed by atoms with van der Waals surface area (Å²) in [6, 6.07) is 19.0. The smallest absolute Gasteiger partial charge is 0.0491 e. The first-order chi connectivity index (χ1) is 10.6. The molecule has 2 aromatic carbocycles. The van der Waals surface area contributed by atoms with Gasteiger partial charge in [0.25, 0.3) is 0 Å². The van der Waals surface area contributed by atoms with Crippen LogP contribution in [0.4, 0.5) is 5.69 Å². The van der Waals surface area contributed by atoms with Crippen molar-refractivity contribution < 1.29 is 0 Å². The summed E-state index contributed by atoms with van der Waals surface area (Å²) in [6.45, 7) is 2.10. The van der Waals surface area contributed by atoms with Crippen LogP contribution in [0.5, 0.6) is 0 Å². The molecule has 0 saturated carbocycles. The molecule has 0 aliphatic carbocycles. The fourth-order valence-corrected chi connectivity index (χ4v) is 2.92.